The minimum Gasteiger partial charge on any atom is -0.478 e. The third-order valence-electron chi connectivity index (χ3n) is 3.01. The third-order valence-corrected chi connectivity index (χ3v) is 3.47. The van der Waals surface area contributed by atoms with Crippen molar-refractivity contribution in [3.05, 3.63) is 33.8 Å². The van der Waals surface area contributed by atoms with E-state index in [9.17, 15) is 4.79 Å². The molecule has 2 rings (SSSR count). The molecular formula is C15H17BrO4. The Morgan fingerprint density at radius 3 is 2.90 bits per heavy atom. The average Bonchev–Trinajstić information content (AvgIpc) is 3.17. The highest BCUT2D eigenvalue weighted by molar-refractivity contribution is 9.10. The first-order chi connectivity index (χ1) is 9.56. The first kappa shape index (κ1) is 15.1. The smallest absolute Gasteiger partial charge is 0.328 e. The Labute approximate surface area is 126 Å². The first-order valence-corrected chi connectivity index (χ1v) is 7.27. The normalized spacial score (nSPS) is 14.7. The van der Waals surface area contributed by atoms with Gasteiger partial charge in [-0.15, -0.1) is 0 Å². The van der Waals surface area contributed by atoms with Gasteiger partial charge in [-0.2, -0.15) is 0 Å². The number of carboxylic acids is 1. The molecule has 20 heavy (non-hydrogen) atoms. The van der Waals surface area contributed by atoms with E-state index in [1.807, 2.05) is 19.1 Å². The van der Waals surface area contributed by atoms with Gasteiger partial charge in [-0.1, -0.05) is 15.9 Å². The number of halogens is 1. The maximum Gasteiger partial charge on any atom is 0.328 e. The van der Waals surface area contributed by atoms with Crippen molar-refractivity contribution in [3.63, 3.8) is 0 Å². The molecule has 108 valence electrons. The molecule has 0 bridgehead atoms. The highest BCUT2D eigenvalue weighted by Crippen LogP contribution is 2.30. The van der Waals surface area contributed by atoms with Crippen molar-refractivity contribution < 1.29 is 19.4 Å². The van der Waals surface area contributed by atoms with E-state index in [2.05, 4.69) is 15.9 Å². The topological polar surface area (TPSA) is 55.8 Å². The number of aliphatic carboxylic acids is 1. The van der Waals surface area contributed by atoms with Crippen molar-refractivity contribution in [2.45, 2.75) is 19.8 Å². The van der Waals surface area contributed by atoms with Crippen LogP contribution in [-0.4, -0.2) is 24.5 Å². The van der Waals surface area contributed by atoms with Crippen molar-refractivity contribution in [2.24, 2.45) is 5.92 Å². The second-order valence-electron chi connectivity index (χ2n) is 4.89. The Morgan fingerprint density at radius 1 is 1.50 bits per heavy atom. The number of aryl methyl sites for hydroxylation is 1. The van der Waals surface area contributed by atoms with Crippen LogP contribution in [0, 0.1) is 12.8 Å². The summed E-state index contributed by atoms with van der Waals surface area (Å²) in [6, 6.07) is 3.75. The van der Waals surface area contributed by atoms with Crippen LogP contribution in [0.5, 0.6) is 5.75 Å². The predicted molar refractivity (Wildman–Crippen MR) is 79.7 cm³/mol. The molecule has 4 nitrogen and oxygen atoms in total. The molecule has 1 aromatic rings. The molecule has 5 heteroatoms. The molecule has 0 atom stereocenters. The lowest BCUT2D eigenvalue weighted by molar-refractivity contribution is -0.131. The summed E-state index contributed by atoms with van der Waals surface area (Å²) in [7, 11) is 0. The van der Waals surface area contributed by atoms with Gasteiger partial charge in [0.2, 0.25) is 0 Å². The molecule has 0 amide bonds. The number of rotatable bonds is 7. The van der Waals surface area contributed by atoms with Gasteiger partial charge in [0.25, 0.3) is 0 Å². The Kier molecular flexibility index (Phi) is 5.20. The third kappa shape index (κ3) is 4.65. The molecule has 1 N–H and O–H groups in total. The molecule has 1 fully saturated rings. The average molecular weight is 341 g/mol. The van der Waals surface area contributed by atoms with Gasteiger partial charge in [-0.25, -0.2) is 4.79 Å². The zero-order valence-corrected chi connectivity index (χ0v) is 12.9. The number of ether oxygens (including phenoxy) is 2. The van der Waals surface area contributed by atoms with Gasteiger partial charge in [-0.05, 0) is 49.5 Å². The minimum absolute atomic E-state index is 0.187. The van der Waals surface area contributed by atoms with E-state index >= 15 is 0 Å². The molecule has 0 aliphatic heterocycles. The first-order valence-electron chi connectivity index (χ1n) is 6.48. The van der Waals surface area contributed by atoms with Gasteiger partial charge >= 0.3 is 5.97 Å². The van der Waals surface area contributed by atoms with Crippen LogP contribution in [0.25, 0.3) is 6.08 Å². The lowest BCUT2D eigenvalue weighted by Crippen LogP contribution is -2.07. The summed E-state index contributed by atoms with van der Waals surface area (Å²) in [6.45, 7) is 2.84. The quantitative estimate of drug-likeness (QED) is 0.468. The maximum atomic E-state index is 10.6. The Bertz CT molecular complexity index is 521. The van der Waals surface area contributed by atoms with Crippen molar-refractivity contribution in [1.29, 1.82) is 0 Å². The summed E-state index contributed by atoms with van der Waals surface area (Å²) < 4.78 is 12.0. The van der Waals surface area contributed by atoms with Gasteiger partial charge in [0.05, 0.1) is 6.61 Å². The summed E-state index contributed by atoms with van der Waals surface area (Å²) in [6.07, 6.45) is 5.10. The fraction of sp³-hybridized carbons (Fsp3) is 0.400. The summed E-state index contributed by atoms with van der Waals surface area (Å²) in [4.78, 5) is 10.6. The number of hydrogen-bond acceptors (Lipinski definition) is 3. The van der Waals surface area contributed by atoms with Gasteiger partial charge in [0.15, 0.2) is 6.79 Å². The van der Waals surface area contributed by atoms with Crippen molar-refractivity contribution in [1.82, 2.24) is 0 Å². The maximum absolute atomic E-state index is 10.6. The van der Waals surface area contributed by atoms with Crippen LogP contribution in [0.4, 0.5) is 0 Å². The zero-order chi connectivity index (χ0) is 14.5. The second kappa shape index (κ2) is 6.90. The monoisotopic (exact) mass is 340 g/mol. The number of carboxylic acid groups (broad SMARTS) is 1. The Morgan fingerprint density at radius 2 is 2.25 bits per heavy atom. The standard InChI is InChI=1S/C15H17BrO4/c1-10-6-13(16)7-12(4-5-14(17)18)15(10)20-9-19-8-11-2-3-11/h4-7,11H,2-3,8-9H2,1H3,(H,17,18)/b5-4+. The van der Waals surface area contributed by atoms with E-state index in [1.54, 1.807) is 0 Å². The van der Waals surface area contributed by atoms with E-state index in [4.69, 9.17) is 14.6 Å². The fourth-order valence-electron chi connectivity index (χ4n) is 1.84. The molecule has 0 unspecified atom stereocenters. The van der Waals surface area contributed by atoms with Crippen LogP contribution < -0.4 is 4.74 Å². The largest absolute Gasteiger partial charge is 0.478 e. The van der Waals surface area contributed by atoms with Gasteiger partial charge in [-0.3, -0.25) is 0 Å². The van der Waals surface area contributed by atoms with Crippen LogP contribution in [0.15, 0.2) is 22.7 Å². The molecule has 0 heterocycles. The predicted octanol–water partition coefficient (Wildman–Crippen LogP) is 3.62. The van der Waals surface area contributed by atoms with E-state index in [0.717, 1.165) is 22.7 Å². The molecule has 1 aromatic carbocycles. The van der Waals surface area contributed by atoms with Crippen molar-refractivity contribution in [3.8, 4) is 5.75 Å². The molecule has 1 aliphatic rings. The van der Waals surface area contributed by atoms with Crippen LogP contribution in [0.1, 0.15) is 24.0 Å². The summed E-state index contributed by atoms with van der Waals surface area (Å²) in [5, 5.41) is 8.72. The van der Waals surface area contributed by atoms with Crippen molar-refractivity contribution >= 4 is 28.0 Å². The van der Waals surface area contributed by atoms with Crippen LogP contribution in [0.2, 0.25) is 0 Å². The van der Waals surface area contributed by atoms with E-state index in [1.165, 1.54) is 18.9 Å². The Hall–Kier alpha value is -1.33. The van der Waals surface area contributed by atoms with E-state index in [-0.39, 0.29) is 6.79 Å². The highest BCUT2D eigenvalue weighted by Gasteiger charge is 2.21. The van der Waals surface area contributed by atoms with Gasteiger partial charge in [0, 0.05) is 16.1 Å². The minimum atomic E-state index is -0.987. The lowest BCUT2D eigenvalue weighted by Gasteiger charge is -2.13. The fourth-order valence-corrected chi connectivity index (χ4v) is 2.43. The van der Waals surface area contributed by atoms with E-state index in [0.29, 0.717) is 17.2 Å². The molecular weight excluding hydrogens is 324 g/mol. The lowest BCUT2D eigenvalue weighted by atomic mass is 10.1. The molecule has 1 aliphatic carbocycles. The molecule has 0 radical (unpaired) electrons. The number of hydrogen-bond donors (Lipinski definition) is 1. The summed E-state index contributed by atoms with van der Waals surface area (Å²) in [5.41, 5.74) is 1.65. The number of benzene rings is 1. The van der Waals surface area contributed by atoms with Gasteiger partial charge in [0.1, 0.15) is 5.75 Å². The van der Waals surface area contributed by atoms with Gasteiger partial charge < -0.3 is 14.6 Å². The van der Waals surface area contributed by atoms with Crippen LogP contribution in [-0.2, 0) is 9.53 Å². The zero-order valence-electron chi connectivity index (χ0n) is 11.3. The molecule has 1 saturated carbocycles. The highest BCUT2D eigenvalue weighted by atomic mass is 79.9. The van der Waals surface area contributed by atoms with Crippen molar-refractivity contribution in [2.75, 3.05) is 13.4 Å². The SMILES string of the molecule is Cc1cc(Br)cc(/C=C/C(=O)O)c1OCOCC1CC1. The van der Waals surface area contributed by atoms with Crippen LogP contribution in [0.3, 0.4) is 0 Å². The second-order valence-corrected chi connectivity index (χ2v) is 5.80. The summed E-state index contributed by atoms with van der Waals surface area (Å²) in [5.74, 6) is 0.357. The van der Waals surface area contributed by atoms with E-state index < -0.39 is 5.97 Å². The molecule has 0 spiro atoms. The number of carbonyl (C=O) groups is 1. The summed E-state index contributed by atoms with van der Waals surface area (Å²) >= 11 is 3.40. The Balaban J connectivity index is 2.05. The molecule has 0 saturated heterocycles. The van der Waals surface area contributed by atoms with Crippen LogP contribution >= 0.6 is 15.9 Å². The molecule has 0 aromatic heterocycles.